The van der Waals surface area contributed by atoms with Gasteiger partial charge in [0.1, 0.15) is 6.10 Å². The van der Waals surface area contributed by atoms with Gasteiger partial charge in [0.2, 0.25) is 0 Å². The third-order valence-corrected chi connectivity index (χ3v) is 7.16. The maximum atomic E-state index is 12.1. The quantitative estimate of drug-likeness (QED) is 0.289. The molecular weight excluding hydrogens is 530 g/mol. The first kappa shape index (κ1) is 29.4. The Kier molecular flexibility index (Phi) is 10.6. The highest BCUT2D eigenvalue weighted by Gasteiger charge is 2.25. The zero-order valence-corrected chi connectivity index (χ0v) is 23.4. The van der Waals surface area contributed by atoms with E-state index in [0.29, 0.717) is 29.9 Å². The number of benzene rings is 1. The molecule has 1 N–H and O–H groups in total. The summed E-state index contributed by atoms with van der Waals surface area (Å²) in [5, 5.41) is 10.9. The second-order valence-corrected chi connectivity index (χ2v) is 11.5. The maximum absolute atomic E-state index is 12.1. The van der Waals surface area contributed by atoms with Crippen molar-refractivity contribution in [2.24, 2.45) is 0 Å². The minimum atomic E-state index is -3.67. The van der Waals surface area contributed by atoms with Crippen LogP contribution >= 0.6 is 11.3 Å². The van der Waals surface area contributed by atoms with E-state index >= 15 is 0 Å². The molecule has 0 radical (unpaired) electrons. The summed E-state index contributed by atoms with van der Waals surface area (Å²) in [6.07, 6.45) is 5.47. The van der Waals surface area contributed by atoms with Gasteiger partial charge < -0.3 is 19.1 Å². The number of hydrogen-bond acceptors (Lipinski definition) is 10. The summed E-state index contributed by atoms with van der Waals surface area (Å²) in [4.78, 5) is 17.5. The molecule has 10 nitrogen and oxygen atoms in total. The monoisotopic (exact) mass is 563 g/mol. The van der Waals surface area contributed by atoms with Gasteiger partial charge in [-0.05, 0) is 61.5 Å². The van der Waals surface area contributed by atoms with Crippen LogP contribution in [0.1, 0.15) is 29.7 Å². The molecule has 2 fully saturated rings. The van der Waals surface area contributed by atoms with Crippen LogP contribution in [0.5, 0.6) is 11.5 Å². The van der Waals surface area contributed by atoms with Gasteiger partial charge in [0.05, 0.1) is 43.7 Å². The standard InChI is InChI=1S/C25H29N3O4S.CH4O3S/c1-30-22-6-4-18(15-23(22)31-2)19(16-26)14-21-5-7-24(33-21)28-12-8-20(9-13-28)32-25(29)17-27-10-3-11-27;1-5(2,3)4/h4-7,14-15,20H,3,8-13,17H2,1-2H3;1H3,(H,2,3,4). The fourth-order valence-corrected chi connectivity index (χ4v) is 5.06. The molecule has 2 aliphatic heterocycles. The van der Waals surface area contributed by atoms with Crippen molar-refractivity contribution < 1.29 is 32.0 Å². The van der Waals surface area contributed by atoms with Gasteiger partial charge in [0.15, 0.2) is 11.5 Å². The number of ether oxygens (including phenoxy) is 3. The van der Waals surface area contributed by atoms with Crippen LogP contribution in [0, 0.1) is 11.3 Å². The number of hydrogen-bond donors (Lipinski definition) is 1. The fraction of sp³-hybridized carbons (Fsp3) is 0.462. The number of esters is 1. The largest absolute Gasteiger partial charge is 0.493 e. The van der Waals surface area contributed by atoms with Crippen molar-refractivity contribution in [1.29, 1.82) is 5.26 Å². The molecule has 1 aromatic heterocycles. The molecule has 206 valence electrons. The summed E-state index contributed by atoms with van der Waals surface area (Å²) < 4.78 is 42.2. The molecule has 2 aliphatic rings. The van der Waals surface area contributed by atoms with E-state index in [0.717, 1.165) is 54.5 Å². The highest BCUT2D eigenvalue weighted by atomic mass is 32.2. The predicted octanol–water partition coefficient (Wildman–Crippen LogP) is 3.55. The Hall–Kier alpha value is -3.11. The normalized spacial score (nSPS) is 16.5. The summed E-state index contributed by atoms with van der Waals surface area (Å²) in [5.41, 5.74) is 1.35. The third kappa shape index (κ3) is 9.02. The van der Waals surface area contributed by atoms with Gasteiger partial charge in [-0.25, -0.2) is 0 Å². The molecule has 0 unspecified atom stereocenters. The second-order valence-electron chi connectivity index (χ2n) is 8.95. The minimum absolute atomic E-state index is 0.00426. The van der Waals surface area contributed by atoms with E-state index in [4.69, 9.17) is 18.8 Å². The van der Waals surface area contributed by atoms with Crippen LogP contribution in [0.25, 0.3) is 11.6 Å². The summed E-state index contributed by atoms with van der Waals surface area (Å²) in [6.45, 7) is 4.13. The number of thiophene rings is 1. The molecule has 0 atom stereocenters. The first-order valence-corrected chi connectivity index (χ1v) is 14.8. The average Bonchev–Trinajstić information content (AvgIpc) is 3.32. The summed E-state index contributed by atoms with van der Waals surface area (Å²) in [6, 6.07) is 11.9. The maximum Gasteiger partial charge on any atom is 0.320 e. The first-order valence-electron chi connectivity index (χ1n) is 12.1. The minimum Gasteiger partial charge on any atom is -0.493 e. The molecule has 0 aliphatic carbocycles. The lowest BCUT2D eigenvalue weighted by molar-refractivity contribution is -0.152. The van der Waals surface area contributed by atoms with E-state index in [2.05, 4.69) is 21.9 Å². The molecule has 38 heavy (non-hydrogen) atoms. The Morgan fingerprint density at radius 2 is 1.79 bits per heavy atom. The van der Waals surface area contributed by atoms with Crippen LogP contribution in [0.15, 0.2) is 30.3 Å². The smallest absolute Gasteiger partial charge is 0.320 e. The van der Waals surface area contributed by atoms with Gasteiger partial charge in [-0.1, -0.05) is 0 Å². The zero-order valence-electron chi connectivity index (χ0n) is 21.8. The summed E-state index contributed by atoms with van der Waals surface area (Å²) in [7, 11) is -0.495. The van der Waals surface area contributed by atoms with Crippen LogP contribution < -0.4 is 14.4 Å². The lowest BCUT2D eigenvalue weighted by Gasteiger charge is -2.33. The molecule has 1 aromatic carbocycles. The molecule has 12 heteroatoms. The van der Waals surface area contributed by atoms with E-state index < -0.39 is 10.1 Å². The number of carbonyl (C=O) groups is 1. The topological polar surface area (TPSA) is 129 Å². The molecule has 3 heterocycles. The van der Waals surface area contributed by atoms with Crippen LogP contribution in [0.3, 0.4) is 0 Å². The SMILES string of the molecule is COc1ccc(C(C#N)=Cc2ccc(N3CCC(OC(=O)CN4CCC4)CC3)s2)cc1OC.CS(=O)(=O)O. The number of likely N-dealkylation sites (tertiary alicyclic amines) is 1. The van der Waals surface area contributed by atoms with Crippen LogP contribution in [0.4, 0.5) is 5.00 Å². The zero-order chi connectivity index (χ0) is 27.7. The molecule has 0 spiro atoms. The lowest BCUT2D eigenvalue weighted by atomic mass is 10.1. The average molecular weight is 564 g/mol. The van der Waals surface area contributed by atoms with E-state index in [1.165, 1.54) is 6.42 Å². The number of nitrogens with zero attached hydrogens (tertiary/aromatic N) is 3. The number of rotatable bonds is 8. The molecular formula is C26H33N3O7S2. The van der Waals surface area contributed by atoms with Crippen molar-refractivity contribution in [1.82, 2.24) is 4.90 Å². The number of nitriles is 1. The van der Waals surface area contributed by atoms with Gasteiger partial charge in [0.25, 0.3) is 10.1 Å². The van der Waals surface area contributed by atoms with Crippen molar-refractivity contribution in [3.8, 4) is 17.6 Å². The van der Waals surface area contributed by atoms with Crippen LogP contribution in [-0.2, 0) is 19.6 Å². The Labute approximate surface area is 227 Å². The van der Waals surface area contributed by atoms with E-state index in [1.807, 2.05) is 24.3 Å². The van der Waals surface area contributed by atoms with Crippen LogP contribution in [0.2, 0.25) is 0 Å². The number of allylic oxidation sites excluding steroid dienone is 1. The Balaban J connectivity index is 0.000000732. The molecule has 4 rings (SSSR count). The van der Waals surface area contributed by atoms with Crippen molar-refractivity contribution in [3.05, 3.63) is 40.8 Å². The van der Waals surface area contributed by atoms with E-state index in [-0.39, 0.29) is 12.1 Å². The number of piperidine rings is 1. The van der Waals surface area contributed by atoms with Gasteiger partial charge in [0, 0.05) is 30.8 Å². The van der Waals surface area contributed by atoms with Gasteiger partial charge in [-0.15, -0.1) is 11.3 Å². The fourth-order valence-electron chi connectivity index (χ4n) is 4.06. The highest BCUT2D eigenvalue weighted by molar-refractivity contribution is 7.85. The molecule has 2 saturated heterocycles. The second kappa shape index (κ2) is 13.6. The van der Waals surface area contributed by atoms with Crippen molar-refractivity contribution in [2.45, 2.75) is 25.4 Å². The summed E-state index contributed by atoms with van der Waals surface area (Å²) in [5.74, 6) is 1.12. The van der Waals surface area contributed by atoms with Crippen molar-refractivity contribution in [3.63, 3.8) is 0 Å². The number of anilines is 1. The number of methoxy groups -OCH3 is 2. The van der Waals surface area contributed by atoms with Gasteiger partial charge >= 0.3 is 5.97 Å². The third-order valence-electron chi connectivity index (χ3n) is 6.07. The van der Waals surface area contributed by atoms with Crippen molar-refractivity contribution in [2.75, 3.05) is 58.1 Å². The Morgan fingerprint density at radius 3 is 2.34 bits per heavy atom. The lowest BCUT2D eigenvalue weighted by Crippen LogP contribution is -2.43. The molecule has 0 bridgehead atoms. The van der Waals surface area contributed by atoms with E-state index in [9.17, 15) is 18.5 Å². The van der Waals surface area contributed by atoms with Crippen LogP contribution in [-0.4, -0.2) is 83.1 Å². The molecule has 2 aromatic rings. The first-order chi connectivity index (χ1) is 18.1. The van der Waals surface area contributed by atoms with Gasteiger partial charge in [-0.2, -0.15) is 13.7 Å². The van der Waals surface area contributed by atoms with Crippen molar-refractivity contribution >= 4 is 44.1 Å². The summed E-state index contributed by atoms with van der Waals surface area (Å²) >= 11 is 1.66. The Bertz CT molecular complexity index is 1260. The predicted molar refractivity (Wildman–Crippen MR) is 147 cm³/mol. The molecule has 0 amide bonds. The van der Waals surface area contributed by atoms with Gasteiger partial charge in [-0.3, -0.25) is 14.2 Å². The molecule has 0 saturated carbocycles. The van der Waals surface area contributed by atoms with E-state index in [1.54, 1.807) is 31.6 Å². The Morgan fingerprint density at radius 1 is 1.13 bits per heavy atom. The number of carbonyl (C=O) groups excluding carboxylic acids is 1. The highest BCUT2D eigenvalue weighted by Crippen LogP contribution is 2.34.